The van der Waals surface area contributed by atoms with Crippen LogP contribution in [0.5, 0.6) is 0 Å². The molecular formula is C16H26N2O2. The van der Waals surface area contributed by atoms with Crippen molar-refractivity contribution in [2.75, 3.05) is 30.8 Å². The fourth-order valence-electron chi connectivity index (χ4n) is 2.36. The van der Waals surface area contributed by atoms with Crippen LogP contribution in [0.1, 0.15) is 44.0 Å². The molecule has 1 rings (SSSR count). The van der Waals surface area contributed by atoms with Crippen molar-refractivity contribution in [1.82, 2.24) is 0 Å². The summed E-state index contributed by atoms with van der Waals surface area (Å²) in [6, 6.07) is 5.43. The minimum absolute atomic E-state index is 0.338. The van der Waals surface area contributed by atoms with Crippen LogP contribution in [0.2, 0.25) is 0 Å². The predicted octanol–water partition coefficient (Wildman–Crippen LogP) is 3.32. The Balaban J connectivity index is 3.11. The number of methoxy groups -OCH3 is 1. The molecule has 112 valence electrons. The second-order valence-electron chi connectivity index (χ2n) is 4.99. The number of benzene rings is 1. The highest BCUT2D eigenvalue weighted by molar-refractivity contribution is 5.96. The molecule has 20 heavy (non-hydrogen) atoms. The van der Waals surface area contributed by atoms with Crippen LogP contribution in [-0.4, -0.2) is 26.2 Å². The van der Waals surface area contributed by atoms with Gasteiger partial charge >= 0.3 is 5.97 Å². The zero-order chi connectivity index (χ0) is 15.1. The molecule has 0 saturated carbocycles. The van der Waals surface area contributed by atoms with Gasteiger partial charge in [0.2, 0.25) is 0 Å². The summed E-state index contributed by atoms with van der Waals surface area (Å²) < 4.78 is 4.86. The first-order valence-corrected chi connectivity index (χ1v) is 7.30. The van der Waals surface area contributed by atoms with Gasteiger partial charge in [-0.15, -0.1) is 0 Å². The molecular weight excluding hydrogens is 252 g/mol. The number of esters is 1. The fraction of sp³-hybridized carbons (Fsp3) is 0.562. The van der Waals surface area contributed by atoms with E-state index in [1.165, 1.54) is 7.11 Å². The van der Waals surface area contributed by atoms with Crippen molar-refractivity contribution in [3.05, 3.63) is 23.8 Å². The zero-order valence-corrected chi connectivity index (χ0v) is 13.0. The number of rotatable bonds is 7. The maximum atomic E-state index is 11.9. The number of hydrogen-bond donors (Lipinski definition) is 1. The molecule has 4 heteroatoms. The van der Waals surface area contributed by atoms with E-state index in [1.807, 2.05) is 12.1 Å². The van der Waals surface area contributed by atoms with E-state index in [2.05, 4.69) is 25.7 Å². The summed E-state index contributed by atoms with van der Waals surface area (Å²) >= 11 is 0. The Morgan fingerprint density at radius 1 is 1.30 bits per heavy atom. The molecule has 1 aromatic carbocycles. The van der Waals surface area contributed by atoms with Crippen molar-refractivity contribution in [2.45, 2.75) is 33.6 Å². The second-order valence-corrected chi connectivity index (χ2v) is 4.99. The van der Waals surface area contributed by atoms with Gasteiger partial charge in [-0.2, -0.15) is 0 Å². The van der Waals surface area contributed by atoms with Crippen molar-refractivity contribution in [2.24, 2.45) is 5.92 Å². The van der Waals surface area contributed by atoms with Gasteiger partial charge < -0.3 is 15.4 Å². The van der Waals surface area contributed by atoms with Crippen molar-refractivity contribution in [1.29, 1.82) is 0 Å². The molecule has 0 heterocycles. The van der Waals surface area contributed by atoms with Crippen LogP contribution >= 0.6 is 0 Å². The van der Waals surface area contributed by atoms with Crippen molar-refractivity contribution in [3.63, 3.8) is 0 Å². The molecule has 0 bridgehead atoms. The molecule has 0 saturated heterocycles. The van der Waals surface area contributed by atoms with Crippen LogP contribution in [0.15, 0.2) is 18.2 Å². The smallest absolute Gasteiger partial charge is 0.340 e. The van der Waals surface area contributed by atoms with Crippen LogP contribution in [0.25, 0.3) is 0 Å². The number of nitrogens with two attached hydrogens (primary N) is 1. The lowest BCUT2D eigenvalue weighted by molar-refractivity contribution is 0.0601. The Kier molecular flexibility index (Phi) is 6.36. The van der Waals surface area contributed by atoms with E-state index in [0.29, 0.717) is 17.2 Å². The molecule has 4 nitrogen and oxygen atoms in total. The van der Waals surface area contributed by atoms with Crippen molar-refractivity contribution in [3.8, 4) is 0 Å². The number of nitrogens with zero attached hydrogens (tertiary/aromatic N) is 1. The molecule has 0 unspecified atom stereocenters. The van der Waals surface area contributed by atoms with E-state index < -0.39 is 0 Å². The lowest BCUT2D eigenvalue weighted by Gasteiger charge is -2.29. The standard InChI is InChI=1S/C16H26N2O2/c1-5-12(6-2)11-18(7-3)15-9-8-13(17)10-14(15)16(19)20-4/h8-10,12H,5-7,11,17H2,1-4H3. The third-order valence-electron chi connectivity index (χ3n) is 3.78. The van der Waals surface area contributed by atoms with E-state index in [1.54, 1.807) is 6.07 Å². The Hall–Kier alpha value is -1.71. The van der Waals surface area contributed by atoms with Crippen LogP contribution in [0, 0.1) is 5.92 Å². The third kappa shape index (κ3) is 3.89. The molecule has 0 radical (unpaired) electrons. The van der Waals surface area contributed by atoms with Crippen LogP contribution in [-0.2, 0) is 4.74 Å². The van der Waals surface area contributed by atoms with Crippen LogP contribution < -0.4 is 10.6 Å². The van der Waals surface area contributed by atoms with E-state index in [4.69, 9.17) is 10.5 Å². The van der Waals surface area contributed by atoms with Gasteiger partial charge in [-0.25, -0.2) is 4.79 Å². The molecule has 0 fully saturated rings. The molecule has 2 N–H and O–H groups in total. The summed E-state index contributed by atoms with van der Waals surface area (Å²) in [5.41, 5.74) is 7.81. The lowest BCUT2D eigenvalue weighted by atomic mass is 10.0. The second kappa shape index (κ2) is 7.78. The monoisotopic (exact) mass is 278 g/mol. The number of ether oxygens (including phenoxy) is 1. The fourth-order valence-corrected chi connectivity index (χ4v) is 2.36. The molecule has 0 spiro atoms. The van der Waals surface area contributed by atoms with Gasteiger partial charge in [0.15, 0.2) is 0 Å². The van der Waals surface area contributed by atoms with Gasteiger partial charge in [0.25, 0.3) is 0 Å². The molecule has 0 atom stereocenters. The van der Waals surface area contributed by atoms with Crippen LogP contribution in [0.4, 0.5) is 11.4 Å². The normalized spacial score (nSPS) is 10.7. The minimum atomic E-state index is -0.338. The molecule has 0 aliphatic rings. The summed E-state index contributed by atoms with van der Waals surface area (Å²) in [5, 5.41) is 0. The third-order valence-corrected chi connectivity index (χ3v) is 3.78. The predicted molar refractivity (Wildman–Crippen MR) is 84.2 cm³/mol. The van der Waals surface area contributed by atoms with Gasteiger partial charge in [0.1, 0.15) is 0 Å². The highest BCUT2D eigenvalue weighted by Gasteiger charge is 2.18. The zero-order valence-electron chi connectivity index (χ0n) is 13.0. The molecule has 0 aromatic heterocycles. The summed E-state index contributed by atoms with van der Waals surface area (Å²) in [4.78, 5) is 14.2. The Labute approximate surface area is 121 Å². The van der Waals surface area contributed by atoms with Crippen molar-refractivity contribution >= 4 is 17.3 Å². The van der Waals surface area contributed by atoms with Gasteiger partial charge in [0, 0.05) is 18.8 Å². The van der Waals surface area contributed by atoms with Crippen LogP contribution in [0.3, 0.4) is 0 Å². The quantitative estimate of drug-likeness (QED) is 0.614. The topological polar surface area (TPSA) is 55.6 Å². The van der Waals surface area contributed by atoms with E-state index in [0.717, 1.165) is 31.6 Å². The maximum absolute atomic E-state index is 11.9. The summed E-state index contributed by atoms with van der Waals surface area (Å²) in [6.07, 6.45) is 2.27. The Morgan fingerprint density at radius 2 is 1.95 bits per heavy atom. The largest absolute Gasteiger partial charge is 0.465 e. The van der Waals surface area contributed by atoms with E-state index >= 15 is 0 Å². The van der Waals surface area contributed by atoms with Gasteiger partial charge in [-0.05, 0) is 31.0 Å². The van der Waals surface area contributed by atoms with Gasteiger partial charge in [-0.1, -0.05) is 26.7 Å². The maximum Gasteiger partial charge on any atom is 0.340 e. The first-order chi connectivity index (χ1) is 9.57. The number of nitrogen functional groups attached to an aromatic ring is 1. The highest BCUT2D eigenvalue weighted by atomic mass is 16.5. The number of carbonyl (C=O) groups is 1. The summed E-state index contributed by atoms with van der Waals surface area (Å²) in [6.45, 7) is 8.29. The summed E-state index contributed by atoms with van der Waals surface area (Å²) in [7, 11) is 1.40. The molecule has 1 aromatic rings. The van der Waals surface area contributed by atoms with E-state index in [9.17, 15) is 4.79 Å². The van der Waals surface area contributed by atoms with Crippen molar-refractivity contribution < 1.29 is 9.53 Å². The first-order valence-electron chi connectivity index (χ1n) is 7.30. The number of carbonyl (C=O) groups excluding carboxylic acids is 1. The van der Waals surface area contributed by atoms with Gasteiger partial charge in [-0.3, -0.25) is 0 Å². The molecule has 0 aliphatic heterocycles. The number of anilines is 2. The average molecular weight is 278 g/mol. The average Bonchev–Trinajstić information content (AvgIpc) is 2.48. The molecule has 0 aliphatic carbocycles. The van der Waals surface area contributed by atoms with E-state index in [-0.39, 0.29) is 5.97 Å². The highest BCUT2D eigenvalue weighted by Crippen LogP contribution is 2.25. The first kappa shape index (κ1) is 16.3. The Morgan fingerprint density at radius 3 is 2.45 bits per heavy atom. The lowest BCUT2D eigenvalue weighted by Crippen LogP contribution is -2.30. The molecule has 0 amide bonds. The Bertz CT molecular complexity index is 442. The minimum Gasteiger partial charge on any atom is -0.465 e. The SMILES string of the molecule is CCC(CC)CN(CC)c1ccc(N)cc1C(=O)OC. The summed E-state index contributed by atoms with van der Waals surface area (Å²) in [5.74, 6) is 0.285. The van der Waals surface area contributed by atoms with Gasteiger partial charge in [0.05, 0.1) is 18.4 Å². The number of hydrogen-bond acceptors (Lipinski definition) is 4.